The van der Waals surface area contributed by atoms with Gasteiger partial charge in [-0.3, -0.25) is 29.4 Å². The molecule has 4 N–H and O–H groups in total. The van der Waals surface area contributed by atoms with Crippen molar-refractivity contribution in [3.05, 3.63) is 64.1 Å². The number of nitrogens with one attached hydrogen (secondary N) is 2. The normalized spacial score (nSPS) is 28.2. The fourth-order valence-electron chi connectivity index (χ4n) is 5.33. The van der Waals surface area contributed by atoms with Crippen molar-refractivity contribution in [2.75, 3.05) is 11.9 Å². The summed E-state index contributed by atoms with van der Waals surface area (Å²) in [6.45, 7) is 0.209. The summed E-state index contributed by atoms with van der Waals surface area (Å²) in [6.07, 6.45) is 0.359. The van der Waals surface area contributed by atoms with E-state index in [-0.39, 0.29) is 18.9 Å². The van der Waals surface area contributed by atoms with E-state index >= 15 is 0 Å². The molecule has 0 bridgehead atoms. The minimum absolute atomic E-state index is 0.148. The third-order valence-electron chi connectivity index (χ3n) is 6.66. The average molecular weight is 497 g/mol. The summed E-state index contributed by atoms with van der Waals surface area (Å²) in [7, 11) is 0. The highest BCUT2D eigenvalue weighted by Gasteiger charge is 2.70. The number of benzene rings is 2. The van der Waals surface area contributed by atoms with Crippen LogP contribution in [0, 0.1) is 11.8 Å². The molecular formula is C23H21BrN4O4. The van der Waals surface area contributed by atoms with E-state index < -0.39 is 41.1 Å². The van der Waals surface area contributed by atoms with Crippen molar-refractivity contribution in [3.63, 3.8) is 0 Å². The van der Waals surface area contributed by atoms with Crippen molar-refractivity contribution >= 4 is 45.2 Å². The van der Waals surface area contributed by atoms with Crippen LogP contribution in [0.2, 0.25) is 0 Å². The number of hydrogen-bond acceptors (Lipinski definition) is 5. The summed E-state index contributed by atoms with van der Waals surface area (Å²) >= 11 is 3.43. The van der Waals surface area contributed by atoms with Crippen LogP contribution in [0.25, 0.3) is 0 Å². The summed E-state index contributed by atoms with van der Waals surface area (Å²) in [4.78, 5) is 53.3. The molecule has 3 aliphatic heterocycles. The lowest BCUT2D eigenvalue weighted by molar-refractivity contribution is -0.142. The molecule has 4 unspecified atom stereocenters. The van der Waals surface area contributed by atoms with Gasteiger partial charge in [0.1, 0.15) is 5.54 Å². The maximum absolute atomic E-state index is 13.6. The number of likely N-dealkylation sites (tertiary alicyclic amines) is 1. The molecule has 2 aromatic rings. The first-order valence-electron chi connectivity index (χ1n) is 10.4. The Morgan fingerprint density at radius 3 is 2.56 bits per heavy atom. The van der Waals surface area contributed by atoms with Crippen molar-refractivity contribution in [1.82, 2.24) is 10.2 Å². The molecule has 4 atom stereocenters. The lowest BCUT2D eigenvalue weighted by Gasteiger charge is -2.29. The number of hydrogen-bond donors (Lipinski definition) is 3. The second-order valence-corrected chi connectivity index (χ2v) is 9.36. The number of anilines is 1. The molecule has 1 spiro atoms. The van der Waals surface area contributed by atoms with Gasteiger partial charge in [-0.05, 0) is 30.2 Å². The zero-order chi connectivity index (χ0) is 22.6. The van der Waals surface area contributed by atoms with Crippen LogP contribution in [-0.4, -0.2) is 41.1 Å². The molecule has 4 amide bonds. The molecule has 32 heavy (non-hydrogen) atoms. The molecule has 8 nitrogen and oxygen atoms in total. The highest BCUT2D eigenvalue weighted by atomic mass is 79.9. The number of fused-ring (bicyclic) bond motifs is 4. The van der Waals surface area contributed by atoms with Gasteiger partial charge in [0.05, 0.1) is 11.8 Å². The van der Waals surface area contributed by atoms with E-state index in [2.05, 4.69) is 26.6 Å². The monoisotopic (exact) mass is 496 g/mol. The van der Waals surface area contributed by atoms with Gasteiger partial charge in [-0.25, -0.2) is 0 Å². The smallest absolute Gasteiger partial charge is 0.250 e. The Morgan fingerprint density at radius 2 is 1.84 bits per heavy atom. The van der Waals surface area contributed by atoms with Gasteiger partial charge in [0.25, 0.3) is 0 Å². The number of nitrogens with two attached hydrogens (primary N) is 1. The molecule has 2 fully saturated rings. The standard InChI is InChI=1S/C23H21BrN4O4/c24-13-6-7-15-14(10-13)23(22(32)26-15)19-18(16(27-23)11-17(25)29)20(30)28(21(19)31)9-8-12-4-2-1-3-5-12/h1-7,10,16,18-19,27H,8-9,11H2,(H2,25,29)(H,26,32). The first-order valence-corrected chi connectivity index (χ1v) is 11.2. The summed E-state index contributed by atoms with van der Waals surface area (Å²) in [5.74, 6) is -3.58. The molecule has 2 saturated heterocycles. The number of rotatable bonds is 5. The van der Waals surface area contributed by atoms with Crippen molar-refractivity contribution < 1.29 is 19.2 Å². The van der Waals surface area contributed by atoms with Crippen LogP contribution >= 0.6 is 15.9 Å². The number of amides is 4. The van der Waals surface area contributed by atoms with E-state index in [1.54, 1.807) is 18.2 Å². The number of carbonyl (C=O) groups is 4. The van der Waals surface area contributed by atoms with Crippen LogP contribution in [0.4, 0.5) is 5.69 Å². The first-order chi connectivity index (χ1) is 15.3. The molecule has 9 heteroatoms. The number of nitrogens with zero attached hydrogens (tertiary/aromatic N) is 1. The largest absolute Gasteiger partial charge is 0.370 e. The highest BCUT2D eigenvalue weighted by molar-refractivity contribution is 9.10. The van der Waals surface area contributed by atoms with Crippen molar-refractivity contribution in [1.29, 1.82) is 0 Å². The van der Waals surface area contributed by atoms with Crippen LogP contribution in [0.15, 0.2) is 53.0 Å². The summed E-state index contributed by atoms with van der Waals surface area (Å²) in [5.41, 5.74) is 6.18. The Morgan fingerprint density at radius 1 is 1.09 bits per heavy atom. The molecule has 0 saturated carbocycles. The predicted molar refractivity (Wildman–Crippen MR) is 119 cm³/mol. The first kappa shape index (κ1) is 20.8. The van der Waals surface area contributed by atoms with Gasteiger partial charge in [0, 0.05) is 34.7 Å². The van der Waals surface area contributed by atoms with Crippen molar-refractivity contribution in [2.45, 2.75) is 24.4 Å². The van der Waals surface area contributed by atoms with E-state index in [9.17, 15) is 19.2 Å². The van der Waals surface area contributed by atoms with E-state index in [1.807, 2.05) is 30.3 Å². The maximum Gasteiger partial charge on any atom is 0.250 e. The number of halogens is 1. The predicted octanol–water partition coefficient (Wildman–Crippen LogP) is 1.29. The fourth-order valence-corrected chi connectivity index (χ4v) is 5.69. The van der Waals surface area contributed by atoms with Gasteiger partial charge in [0.2, 0.25) is 23.6 Å². The Balaban J connectivity index is 1.55. The zero-order valence-corrected chi connectivity index (χ0v) is 18.6. The molecule has 0 aliphatic carbocycles. The summed E-state index contributed by atoms with van der Waals surface area (Å²) in [5, 5.41) is 6.02. The van der Waals surface area contributed by atoms with E-state index in [0.29, 0.717) is 17.7 Å². The molecule has 3 heterocycles. The fraction of sp³-hybridized carbons (Fsp3) is 0.304. The van der Waals surface area contributed by atoms with Gasteiger partial charge in [-0.2, -0.15) is 0 Å². The van der Waals surface area contributed by atoms with E-state index in [4.69, 9.17) is 5.73 Å². The molecule has 5 rings (SSSR count). The third kappa shape index (κ3) is 2.99. The Labute approximate surface area is 192 Å². The lowest BCUT2D eigenvalue weighted by Crippen LogP contribution is -2.53. The number of imide groups is 1. The van der Waals surface area contributed by atoms with Crippen LogP contribution in [0.5, 0.6) is 0 Å². The molecule has 0 aromatic heterocycles. The number of carbonyl (C=O) groups excluding carboxylic acids is 4. The van der Waals surface area contributed by atoms with Gasteiger partial charge >= 0.3 is 0 Å². The molecule has 164 valence electrons. The van der Waals surface area contributed by atoms with Crippen molar-refractivity contribution in [2.24, 2.45) is 17.6 Å². The topological polar surface area (TPSA) is 122 Å². The average Bonchev–Trinajstić information content (AvgIpc) is 3.32. The van der Waals surface area contributed by atoms with E-state index in [0.717, 1.165) is 10.0 Å². The summed E-state index contributed by atoms with van der Waals surface area (Å²) in [6, 6.07) is 14.2. The van der Waals surface area contributed by atoms with Gasteiger partial charge in [-0.15, -0.1) is 0 Å². The molecular weight excluding hydrogens is 476 g/mol. The van der Waals surface area contributed by atoms with Crippen LogP contribution < -0.4 is 16.4 Å². The lowest BCUT2D eigenvalue weighted by atomic mass is 9.76. The number of primary amides is 1. The Hall–Kier alpha value is -3.04. The van der Waals surface area contributed by atoms with Gasteiger partial charge in [0.15, 0.2) is 0 Å². The van der Waals surface area contributed by atoms with Crippen LogP contribution in [0.1, 0.15) is 17.5 Å². The Bertz CT molecular complexity index is 1150. The van der Waals surface area contributed by atoms with Gasteiger partial charge < -0.3 is 11.1 Å². The van der Waals surface area contributed by atoms with Crippen LogP contribution in [0.3, 0.4) is 0 Å². The molecule has 3 aliphatic rings. The maximum atomic E-state index is 13.6. The summed E-state index contributed by atoms with van der Waals surface area (Å²) < 4.78 is 0.738. The SMILES string of the molecule is NC(=O)CC1NC2(C(=O)Nc3ccc(Br)cc32)C2C(=O)N(CCc3ccccc3)C(=O)C12. The van der Waals surface area contributed by atoms with Crippen LogP contribution in [-0.2, 0) is 31.1 Å². The zero-order valence-electron chi connectivity index (χ0n) is 17.0. The minimum Gasteiger partial charge on any atom is -0.370 e. The molecule has 0 radical (unpaired) electrons. The molecule has 2 aromatic carbocycles. The third-order valence-corrected chi connectivity index (χ3v) is 7.15. The van der Waals surface area contributed by atoms with Crippen molar-refractivity contribution in [3.8, 4) is 0 Å². The second-order valence-electron chi connectivity index (χ2n) is 8.44. The Kier molecular flexibility index (Phi) is 4.90. The van der Waals surface area contributed by atoms with E-state index in [1.165, 1.54) is 4.90 Å². The highest BCUT2D eigenvalue weighted by Crippen LogP contribution is 2.53. The minimum atomic E-state index is -1.43. The second kappa shape index (κ2) is 7.53. The quantitative estimate of drug-likeness (QED) is 0.538. The van der Waals surface area contributed by atoms with Gasteiger partial charge in [-0.1, -0.05) is 46.3 Å².